The minimum absolute atomic E-state index is 0.608. The third kappa shape index (κ3) is 3.63. The molecule has 0 unspecified atom stereocenters. The molecule has 1 aromatic heterocycles. The zero-order chi connectivity index (χ0) is 17.1. The lowest BCUT2D eigenvalue weighted by atomic mass is 9.79. The van der Waals surface area contributed by atoms with Gasteiger partial charge in [0.05, 0.1) is 0 Å². The molecule has 3 heteroatoms. The van der Waals surface area contributed by atoms with Gasteiger partial charge >= 0.3 is 0 Å². The van der Waals surface area contributed by atoms with E-state index in [4.69, 9.17) is 0 Å². The second kappa shape index (κ2) is 7.67. The summed E-state index contributed by atoms with van der Waals surface area (Å²) in [5.74, 6) is 0.641. The number of aromatic nitrogens is 1. The lowest BCUT2D eigenvalue weighted by Gasteiger charge is -2.48. The summed E-state index contributed by atoms with van der Waals surface area (Å²) >= 11 is 0. The van der Waals surface area contributed by atoms with Crippen molar-refractivity contribution < 1.29 is 0 Å². The van der Waals surface area contributed by atoms with Gasteiger partial charge in [0.2, 0.25) is 0 Å². The normalized spacial score (nSPS) is 28.3. The fraction of sp³-hybridized carbons (Fsp3) is 0.500. The first-order chi connectivity index (χ1) is 12.3. The van der Waals surface area contributed by atoms with E-state index in [0.29, 0.717) is 18.0 Å². The predicted molar refractivity (Wildman–Crippen MR) is 103 cm³/mol. The van der Waals surface area contributed by atoms with Crippen molar-refractivity contribution in [2.45, 2.75) is 50.2 Å². The number of nitrogens with zero attached hydrogens (tertiary/aromatic N) is 3. The fourth-order valence-corrected chi connectivity index (χ4v) is 4.89. The second-order valence-corrected chi connectivity index (χ2v) is 7.67. The van der Waals surface area contributed by atoms with Crippen LogP contribution < -0.4 is 0 Å². The Morgan fingerprint density at radius 1 is 0.960 bits per heavy atom. The highest BCUT2D eigenvalue weighted by molar-refractivity contribution is 5.24. The average Bonchev–Trinajstić information content (AvgIpc) is 2.87. The van der Waals surface area contributed by atoms with Crippen molar-refractivity contribution in [3.8, 4) is 0 Å². The molecule has 2 fully saturated rings. The van der Waals surface area contributed by atoms with E-state index in [-0.39, 0.29) is 0 Å². The minimum atomic E-state index is 0.608. The Bertz CT molecular complexity index is 657. The zero-order valence-electron chi connectivity index (χ0n) is 15.2. The van der Waals surface area contributed by atoms with Crippen LogP contribution >= 0.6 is 0 Å². The van der Waals surface area contributed by atoms with Crippen LogP contribution in [0.3, 0.4) is 0 Å². The van der Waals surface area contributed by atoms with Gasteiger partial charge in [0.25, 0.3) is 0 Å². The summed E-state index contributed by atoms with van der Waals surface area (Å²) in [7, 11) is 2.33. The summed E-state index contributed by atoms with van der Waals surface area (Å²) < 4.78 is 0. The van der Waals surface area contributed by atoms with Crippen LogP contribution in [-0.4, -0.2) is 47.0 Å². The van der Waals surface area contributed by atoms with E-state index in [0.717, 1.165) is 6.54 Å². The first-order valence-electron chi connectivity index (χ1n) is 9.71. The highest BCUT2D eigenvalue weighted by Gasteiger charge is 2.41. The molecule has 4 rings (SSSR count). The van der Waals surface area contributed by atoms with Crippen molar-refractivity contribution in [3.05, 3.63) is 66.0 Å². The van der Waals surface area contributed by atoms with Crippen LogP contribution in [0, 0.1) is 0 Å². The monoisotopic (exact) mass is 335 g/mol. The molecule has 1 aromatic carbocycles. The van der Waals surface area contributed by atoms with Crippen LogP contribution in [0.15, 0.2) is 54.9 Å². The minimum Gasteiger partial charge on any atom is -0.302 e. The lowest BCUT2D eigenvalue weighted by Crippen LogP contribution is -2.56. The maximum atomic E-state index is 4.19. The summed E-state index contributed by atoms with van der Waals surface area (Å²) in [4.78, 5) is 9.57. The lowest BCUT2D eigenvalue weighted by molar-refractivity contribution is 0.0419. The first-order valence-corrected chi connectivity index (χ1v) is 9.71. The van der Waals surface area contributed by atoms with Gasteiger partial charge in [-0.1, -0.05) is 36.8 Å². The van der Waals surface area contributed by atoms with Crippen molar-refractivity contribution in [1.29, 1.82) is 0 Å². The summed E-state index contributed by atoms with van der Waals surface area (Å²) in [6.07, 6.45) is 9.10. The smallest absolute Gasteiger partial charge is 0.0324 e. The van der Waals surface area contributed by atoms with Gasteiger partial charge in [0.15, 0.2) is 0 Å². The molecule has 3 nitrogen and oxygen atoms in total. The van der Waals surface area contributed by atoms with Crippen LogP contribution in [0.1, 0.15) is 42.7 Å². The molecular formula is C22H29N3. The van der Waals surface area contributed by atoms with Crippen LogP contribution in [-0.2, 0) is 6.54 Å². The zero-order valence-corrected chi connectivity index (χ0v) is 15.2. The van der Waals surface area contributed by atoms with Gasteiger partial charge in [0, 0.05) is 36.9 Å². The summed E-state index contributed by atoms with van der Waals surface area (Å²) in [6.45, 7) is 3.46. The van der Waals surface area contributed by atoms with Crippen molar-refractivity contribution in [3.63, 3.8) is 0 Å². The van der Waals surface area contributed by atoms with E-state index in [9.17, 15) is 0 Å². The number of rotatable bonds is 3. The Labute approximate surface area is 151 Å². The SMILES string of the molecule is CN1CC[C@H](c2ccccc2)[C@@H]2[C@H]1CCCCN2Cc1ccncc1. The van der Waals surface area contributed by atoms with Gasteiger partial charge in [0.1, 0.15) is 0 Å². The van der Waals surface area contributed by atoms with E-state index in [1.54, 1.807) is 0 Å². The molecule has 0 amide bonds. The number of benzene rings is 1. The highest BCUT2D eigenvalue weighted by atomic mass is 15.3. The van der Waals surface area contributed by atoms with Gasteiger partial charge in [-0.3, -0.25) is 9.88 Å². The maximum absolute atomic E-state index is 4.19. The number of fused-ring (bicyclic) bond motifs is 1. The number of pyridine rings is 1. The Morgan fingerprint density at radius 2 is 1.76 bits per heavy atom. The van der Waals surface area contributed by atoms with Crippen molar-refractivity contribution in [2.75, 3.05) is 20.1 Å². The molecule has 0 spiro atoms. The van der Waals surface area contributed by atoms with Crippen LogP contribution in [0.4, 0.5) is 0 Å². The molecule has 132 valence electrons. The van der Waals surface area contributed by atoms with Crippen molar-refractivity contribution in [2.24, 2.45) is 0 Å². The molecule has 3 atom stereocenters. The molecule has 2 aliphatic rings. The van der Waals surface area contributed by atoms with Crippen molar-refractivity contribution in [1.82, 2.24) is 14.8 Å². The summed E-state index contributed by atoms with van der Waals surface area (Å²) in [5.41, 5.74) is 2.91. The molecule has 2 saturated heterocycles. The van der Waals surface area contributed by atoms with E-state index in [1.807, 2.05) is 12.4 Å². The van der Waals surface area contributed by atoms with Crippen molar-refractivity contribution >= 4 is 0 Å². The van der Waals surface area contributed by atoms with Crippen LogP contribution in [0.25, 0.3) is 0 Å². The summed E-state index contributed by atoms with van der Waals surface area (Å²) in [5, 5.41) is 0. The van der Waals surface area contributed by atoms with Gasteiger partial charge < -0.3 is 4.90 Å². The number of likely N-dealkylation sites (N-methyl/N-ethyl adjacent to an activating group) is 1. The molecule has 0 N–H and O–H groups in total. The number of piperidine rings is 1. The Balaban J connectivity index is 1.66. The fourth-order valence-electron chi connectivity index (χ4n) is 4.89. The molecule has 3 heterocycles. The Morgan fingerprint density at radius 3 is 2.56 bits per heavy atom. The third-order valence-electron chi connectivity index (χ3n) is 6.15. The average molecular weight is 335 g/mol. The van der Waals surface area contributed by atoms with Gasteiger partial charge in [-0.15, -0.1) is 0 Å². The number of hydrogen-bond donors (Lipinski definition) is 0. The summed E-state index contributed by atoms with van der Waals surface area (Å²) in [6, 6.07) is 16.8. The number of likely N-dealkylation sites (tertiary alicyclic amines) is 2. The number of hydrogen-bond acceptors (Lipinski definition) is 3. The molecule has 0 bridgehead atoms. The molecule has 2 aliphatic heterocycles. The molecule has 2 aromatic rings. The maximum Gasteiger partial charge on any atom is 0.0324 e. The van der Waals surface area contributed by atoms with Gasteiger partial charge in [-0.05, 0) is 62.7 Å². The van der Waals surface area contributed by atoms with Crippen LogP contribution in [0.5, 0.6) is 0 Å². The topological polar surface area (TPSA) is 19.4 Å². The first kappa shape index (κ1) is 16.7. The quantitative estimate of drug-likeness (QED) is 0.847. The standard InChI is InChI=1S/C22H29N3/c1-24-16-12-20(19-7-3-2-4-8-19)22-21(24)9-5-6-15-25(22)17-18-10-13-23-14-11-18/h2-4,7-8,10-11,13-14,20-22H,5-6,9,12,15-17H2,1H3/t20-,21-,22-/m1/s1. The predicted octanol–water partition coefficient (Wildman–Crippen LogP) is 3.92. The molecule has 25 heavy (non-hydrogen) atoms. The largest absolute Gasteiger partial charge is 0.302 e. The Hall–Kier alpha value is -1.71. The molecule has 0 saturated carbocycles. The van der Waals surface area contributed by atoms with Gasteiger partial charge in [-0.2, -0.15) is 0 Å². The Kier molecular flexibility index (Phi) is 5.14. The molecular weight excluding hydrogens is 306 g/mol. The second-order valence-electron chi connectivity index (χ2n) is 7.67. The molecule has 0 radical (unpaired) electrons. The van der Waals surface area contributed by atoms with E-state index < -0.39 is 0 Å². The third-order valence-corrected chi connectivity index (χ3v) is 6.15. The van der Waals surface area contributed by atoms with E-state index >= 15 is 0 Å². The molecule has 0 aliphatic carbocycles. The van der Waals surface area contributed by atoms with E-state index in [1.165, 1.54) is 49.9 Å². The highest BCUT2D eigenvalue weighted by Crippen LogP contribution is 2.38. The van der Waals surface area contributed by atoms with E-state index in [2.05, 4.69) is 64.3 Å². The van der Waals surface area contributed by atoms with Gasteiger partial charge in [-0.25, -0.2) is 0 Å². The van der Waals surface area contributed by atoms with Crippen LogP contribution in [0.2, 0.25) is 0 Å².